The van der Waals surface area contributed by atoms with Crippen molar-refractivity contribution in [3.63, 3.8) is 0 Å². The molecule has 0 aromatic rings. The van der Waals surface area contributed by atoms with Gasteiger partial charge in [-0.1, -0.05) is 12.8 Å². The lowest BCUT2D eigenvalue weighted by Crippen LogP contribution is -2.55. The van der Waals surface area contributed by atoms with Crippen LogP contribution in [0.25, 0.3) is 0 Å². The quantitative estimate of drug-likeness (QED) is 0.811. The summed E-state index contributed by atoms with van der Waals surface area (Å²) in [6, 6.07) is 0. The summed E-state index contributed by atoms with van der Waals surface area (Å²) in [4.78, 5) is 10.5. The Morgan fingerprint density at radius 1 is 1.06 bits per heavy atom. The van der Waals surface area contributed by atoms with Crippen LogP contribution in [-0.4, -0.2) is 54.3 Å². The van der Waals surface area contributed by atoms with Gasteiger partial charge in [-0.25, -0.2) is 0 Å². The van der Waals surface area contributed by atoms with Gasteiger partial charge in [0.25, 0.3) is 10.2 Å². The molecule has 0 spiro atoms. The summed E-state index contributed by atoms with van der Waals surface area (Å²) in [5, 5.41) is 8.65. The van der Waals surface area contributed by atoms with E-state index in [1.807, 2.05) is 0 Å². The van der Waals surface area contributed by atoms with E-state index in [2.05, 4.69) is 0 Å². The van der Waals surface area contributed by atoms with Crippen molar-refractivity contribution in [2.75, 3.05) is 26.2 Å². The highest BCUT2D eigenvalue weighted by molar-refractivity contribution is 7.86. The lowest BCUT2D eigenvalue weighted by Gasteiger charge is -2.40. The van der Waals surface area contributed by atoms with Crippen LogP contribution >= 0.6 is 0 Å². The Hall–Kier alpha value is -0.660. The Bertz CT molecular complexity index is 395. The second kappa shape index (κ2) is 5.54. The molecule has 2 fully saturated rings. The van der Waals surface area contributed by atoms with Crippen LogP contribution in [0.4, 0.5) is 0 Å². The Morgan fingerprint density at radius 2 is 1.61 bits per heavy atom. The van der Waals surface area contributed by atoms with Crippen LogP contribution in [0.5, 0.6) is 0 Å². The largest absolute Gasteiger partial charge is 0.481 e. The second-order valence-corrected chi connectivity index (χ2v) is 7.03. The molecule has 0 aromatic carbocycles. The molecule has 2 saturated heterocycles. The maximum Gasteiger partial charge on any atom is 0.303 e. The second-order valence-electron chi connectivity index (χ2n) is 5.10. The molecule has 0 atom stereocenters. The standard InChI is InChI=1S/C11H20N2O4S/c14-11(15)7-10-8-13(9-10)18(16,17)12-5-3-1-2-4-6-12/h10H,1-9H2,(H,14,15). The highest BCUT2D eigenvalue weighted by atomic mass is 32.2. The summed E-state index contributed by atoms with van der Waals surface area (Å²) < 4.78 is 27.5. The van der Waals surface area contributed by atoms with Crippen molar-refractivity contribution < 1.29 is 18.3 Å². The highest BCUT2D eigenvalue weighted by Gasteiger charge is 2.39. The normalized spacial score (nSPS) is 24.4. The van der Waals surface area contributed by atoms with Crippen LogP contribution in [0.15, 0.2) is 0 Å². The van der Waals surface area contributed by atoms with Gasteiger partial charge >= 0.3 is 5.97 Å². The van der Waals surface area contributed by atoms with Crippen molar-refractivity contribution >= 4 is 16.2 Å². The summed E-state index contributed by atoms with van der Waals surface area (Å²) in [6.07, 6.45) is 4.09. The van der Waals surface area contributed by atoms with E-state index in [0.717, 1.165) is 25.7 Å². The molecule has 0 amide bonds. The minimum absolute atomic E-state index is 0.0238. The van der Waals surface area contributed by atoms with Crippen LogP contribution in [0.1, 0.15) is 32.1 Å². The first-order valence-electron chi connectivity index (χ1n) is 6.47. The molecule has 2 aliphatic heterocycles. The predicted octanol–water partition coefficient (Wildman–Crippen LogP) is 0.514. The maximum atomic E-state index is 12.3. The molecule has 0 saturated carbocycles. The number of carboxylic acid groups (broad SMARTS) is 1. The van der Waals surface area contributed by atoms with E-state index in [-0.39, 0.29) is 12.3 Å². The Labute approximate surface area is 108 Å². The van der Waals surface area contributed by atoms with E-state index < -0.39 is 16.2 Å². The fraction of sp³-hybridized carbons (Fsp3) is 0.909. The predicted molar refractivity (Wildman–Crippen MR) is 66.3 cm³/mol. The fourth-order valence-corrected chi connectivity index (χ4v) is 4.37. The average molecular weight is 276 g/mol. The fourth-order valence-electron chi connectivity index (χ4n) is 2.52. The van der Waals surface area contributed by atoms with Gasteiger partial charge in [0.05, 0.1) is 6.42 Å². The summed E-state index contributed by atoms with van der Waals surface area (Å²) >= 11 is 0. The molecule has 7 heteroatoms. The molecule has 1 N–H and O–H groups in total. The van der Waals surface area contributed by atoms with Crippen molar-refractivity contribution in [2.24, 2.45) is 5.92 Å². The molecule has 0 unspecified atom stereocenters. The number of carbonyl (C=O) groups is 1. The summed E-state index contributed by atoms with van der Waals surface area (Å²) in [7, 11) is -3.34. The average Bonchev–Trinajstić information content (AvgIpc) is 2.50. The molecule has 0 radical (unpaired) electrons. The first-order valence-corrected chi connectivity index (χ1v) is 7.87. The number of hydrogen-bond donors (Lipinski definition) is 1. The van der Waals surface area contributed by atoms with Crippen molar-refractivity contribution in [1.29, 1.82) is 0 Å². The third-order valence-corrected chi connectivity index (χ3v) is 5.57. The summed E-state index contributed by atoms with van der Waals surface area (Å²) in [5.74, 6) is -0.879. The topological polar surface area (TPSA) is 77.9 Å². The SMILES string of the molecule is O=C(O)CC1CN(S(=O)(=O)N2CCCCCC2)C1. The van der Waals surface area contributed by atoms with E-state index in [9.17, 15) is 13.2 Å². The third kappa shape index (κ3) is 3.02. The van der Waals surface area contributed by atoms with E-state index in [4.69, 9.17) is 5.11 Å². The molecular formula is C11H20N2O4S. The van der Waals surface area contributed by atoms with Gasteiger partial charge in [0.2, 0.25) is 0 Å². The molecule has 6 nitrogen and oxygen atoms in total. The number of hydrogen-bond acceptors (Lipinski definition) is 3. The zero-order chi connectivity index (χ0) is 13.2. The first kappa shape index (κ1) is 13.8. The van der Waals surface area contributed by atoms with Crippen LogP contribution in [0.2, 0.25) is 0 Å². The van der Waals surface area contributed by atoms with Gasteiger partial charge in [0.15, 0.2) is 0 Å². The third-order valence-electron chi connectivity index (χ3n) is 3.60. The minimum atomic E-state index is -3.34. The highest BCUT2D eigenvalue weighted by Crippen LogP contribution is 2.26. The molecule has 0 aliphatic carbocycles. The Morgan fingerprint density at radius 3 is 2.11 bits per heavy atom. The number of carboxylic acids is 1. The lowest BCUT2D eigenvalue weighted by atomic mass is 10.00. The monoisotopic (exact) mass is 276 g/mol. The molecule has 0 bridgehead atoms. The van der Waals surface area contributed by atoms with Crippen molar-refractivity contribution in [1.82, 2.24) is 8.61 Å². The first-order chi connectivity index (χ1) is 8.50. The van der Waals surface area contributed by atoms with Gasteiger partial charge in [0, 0.05) is 26.2 Å². The Balaban J connectivity index is 1.90. The van der Waals surface area contributed by atoms with Crippen LogP contribution < -0.4 is 0 Å². The summed E-state index contributed by atoms with van der Waals surface area (Å²) in [5.41, 5.74) is 0. The molecule has 2 rings (SSSR count). The van der Waals surface area contributed by atoms with E-state index in [0.29, 0.717) is 26.2 Å². The number of aliphatic carboxylic acids is 1. The Kier molecular flexibility index (Phi) is 4.24. The molecular weight excluding hydrogens is 256 g/mol. The van der Waals surface area contributed by atoms with Gasteiger partial charge in [-0.05, 0) is 18.8 Å². The van der Waals surface area contributed by atoms with Gasteiger partial charge < -0.3 is 5.11 Å². The number of nitrogens with zero attached hydrogens (tertiary/aromatic N) is 2. The van der Waals surface area contributed by atoms with E-state index >= 15 is 0 Å². The molecule has 104 valence electrons. The van der Waals surface area contributed by atoms with Gasteiger partial charge in [-0.15, -0.1) is 0 Å². The molecule has 18 heavy (non-hydrogen) atoms. The van der Waals surface area contributed by atoms with Gasteiger partial charge in [0.1, 0.15) is 0 Å². The van der Waals surface area contributed by atoms with E-state index in [1.54, 1.807) is 4.31 Å². The zero-order valence-electron chi connectivity index (χ0n) is 10.4. The minimum Gasteiger partial charge on any atom is -0.481 e. The summed E-state index contributed by atoms with van der Waals surface area (Å²) in [6.45, 7) is 1.90. The van der Waals surface area contributed by atoms with Crippen molar-refractivity contribution in [3.8, 4) is 0 Å². The van der Waals surface area contributed by atoms with Crippen molar-refractivity contribution in [2.45, 2.75) is 32.1 Å². The van der Waals surface area contributed by atoms with Crippen LogP contribution in [-0.2, 0) is 15.0 Å². The van der Waals surface area contributed by atoms with Crippen LogP contribution in [0, 0.1) is 5.92 Å². The molecule has 2 aliphatic rings. The molecule has 2 heterocycles. The smallest absolute Gasteiger partial charge is 0.303 e. The number of rotatable bonds is 4. The zero-order valence-corrected chi connectivity index (χ0v) is 11.2. The van der Waals surface area contributed by atoms with Crippen LogP contribution in [0.3, 0.4) is 0 Å². The van der Waals surface area contributed by atoms with Gasteiger partial charge in [-0.3, -0.25) is 4.79 Å². The molecule has 0 aromatic heterocycles. The maximum absolute atomic E-state index is 12.3. The lowest BCUT2D eigenvalue weighted by molar-refractivity contribution is -0.139. The van der Waals surface area contributed by atoms with Crippen molar-refractivity contribution in [3.05, 3.63) is 0 Å². The van der Waals surface area contributed by atoms with E-state index in [1.165, 1.54) is 4.31 Å². The van der Waals surface area contributed by atoms with Gasteiger partial charge in [-0.2, -0.15) is 17.0 Å².